The van der Waals surface area contributed by atoms with Gasteiger partial charge in [0, 0.05) is 56.1 Å². The van der Waals surface area contributed by atoms with Crippen LogP contribution in [0.4, 0.5) is 11.4 Å². The fourth-order valence-electron chi connectivity index (χ4n) is 8.18. The van der Waals surface area contributed by atoms with Crippen molar-refractivity contribution in [2.45, 2.75) is 111 Å². The number of ether oxygens (including phenoxy) is 1. The van der Waals surface area contributed by atoms with E-state index in [0.29, 0.717) is 51.3 Å². The Labute approximate surface area is 312 Å². The van der Waals surface area contributed by atoms with Gasteiger partial charge in [-0.05, 0) is 70.7 Å². The molecule has 3 aliphatic rings. The van der Waals surface area contributed by atoms with Crippen molar-refractivity contribution in [2.75, 3.05) is 17.2 Å². The minimum absolute atomic E-state index is 0.154. The SMILES string of the molecule is CCCCC(CC)CN1C(=O)c2ccc3c4c(ccc(c24)C1=O)C(=O)N(c1cc(C(C)(C)C)cc2c1Oc1c(N)cc(C(C)(C)C)cc1C2(C)C)C3=O. The van der Waals surface area contributed by atoms with Crippen molar-refractivity contribution in [1.29, 1.82) is 0 Å². The smallest absolute Gasteiger partial charge is 0.266 e. The third-order valence-electron chi connectivity index (χ3n) is 11.7. The normalized spacial score (nSPS) is 16.9. The molecule has 0 saturated carbocycles. The Kier molecular flexibility index (Phi) is 8.44. The minimum atomic E-state index is -0.602. The van der Waals surface area contributed by atoms with E-state index >= 15 is 0 Å². The van der Waals surface area contributed by atoms with Crippen LogP contribution in [0.25, 0.3) is 10.8 Å². The van der Waals surface area contributed by atoms with Crippen LogP contribution in [-0.4, -0.2) is 35.1 Å². The first-order chi connectivity index (χ1) is 24.8. The molecule has 0 radical (unpaired) electrons. The van der Waals surface area contributed by atoms with Gasteiger partial charge in [0.15, 0.2) is 11.5 Å². The van der Waals surface area contributed by atoms with Gasteiger partial charge in [-0.3, -0.25) is 24.1 Å². The maximum atomic E-state index is 14.8. The van der Waals surface area contributed by atoms with Crippen molar-refractivity contribution < 1.29 is 23.9 Å². The lowest BCUT2D eigenvalue weighted by molar-refractivity contribution is 0.0578. The van der Waals surface area contributed by atoms with E-state index in [1.54, 1.807) is 24.3 Å². The number of rotatable bonds is 7. The van der Waals surface area contributed by atoms with Crippen molar-refractivity contribution in [1.82, 2.24) is 4.90 Å². The second kappa shape index (κ2) is 12.3. The molecule has 2 N–H and O–H groups in total. The van der Waals surface area contributed by atoms with E-state index in [1.165, 1.54) is 9.80 Å². The molecule has 0 aromatic heterocycles. The first kappa shape index (κ1) is 36.4. The van der Waals surface area contributed by atoms with Crippen molar-refractivity contribution in [3.05, 3.63) is 93.0 Å². The Hall–Kier alpha value is -4.98. The molecule has 3 heterocycles. The Morgan fingerprint density at radius 1 is 0.698 bits per heavy atom. The number of carbonyl (C=O) groups is 4. The first-order valence-electron chi connectivity index (χ1n) is 19.0. The number of carbonyl (C=O) groups excluding carboxylic acids is 4. The lowest BCUT2D eigenvalue weighted by Crippen LogP contribution is -2.45. The van der Waals surface area contributed by atoms with E-state index in [2.05, 4.69) is 81.4 Å². The molecule has 1 atom stereocenters. The molecule has 0 spiro atoms. The van der Waals surface area contributed by atoms with Crippen LogP contribution in [0.1, 0.15) is 159 Å². The zero-order valence-electron chi connectivity index (χ0n) is 32.7. The third-order valence-corrected chi connectivity index (χ3v) is 11.7. The van der Waals surface area contributed by atoms with Gasteiger partial charge < -0.3 is 10.5 Å². The molecule has 53 heavy (non-hydrogen) atoms. The summed E-state index contributed by atoms with van der Waals surface area (Å²) in [6.45, 7) is 21.5. The standard InChI is InChI=1S/C45H51N3O5/c1-11-13-14-24(12-2)23-47-39(49)27-15-17-29-36-30(18-16-28(35(27)36)40(47)50)42(52)48(41(29)51)34-22-26(44(6,7)8)20-32-38(34)53-37-31(45(32,9)10)19-25(21-33(37)46)43(3,4)5/h15-22,24H,11-14,23,46H2,1-10H3. The lowest BCUT2D eigenvalue weighted by atomic mass is 9.71. The maximum absolute atomic E-state index is 14.8. The zero-order valence-corrected chi connectivity index (χ0v) is 32.7. The molecule has 4 aromatic rings. The molecule has 0 fully saturated rings. The molecule has 276 valence electrons. The predicted octanol–water partition coefficient (Wildman–Crippen LogP) is 10.1. The second-order valence-electron chi connectivity index (χ2n) is 17.7. The number of imide groups is 2. The van der Waals surface area contributed by atoms with E-state index < -0.39 is 29.0 Å². The summed E-state index contributed by atoms with van der Waals surface area (Å²) in [6, 6.07) is 14.6. The van der Waals surface area contributed by atoms with Crippen molar-refractivity contribution in [2.24, 2.45) is 5.92 Å². The topological polar surface area (TPSA) is 110 Å². The third kappa shape index (κ3) is 5.55. The summed E-state index contributed by atoms with van der Waals surface area (Å²) in [5, 5.41) is 0.713. The molecule has 8 nitrogen and oxygen atoms in total. The second-order valence-corrected chi connectivity index (χ2v) is 17.7. The molecule has 8 heteroatoms. The van der Waals surface area contributed by atoms with Gasteiger partial charge in [0.2, 0.25) is 0 Å². The van der Waals surface area contributed by atoms with E-state index in [0.717, 1.165) is 47.9 Å². The predicted molar refractivity (Wildman–Crippen MR) is 211 cm³/mol. The van der Waals surface area contributed by atoms with Crippen LogP contribution in [0.15, 0.2) is 48.5 Å². The molecule has 4 aromatic carbocycles. The van der Waals surface area contributed by atoms with Crippen LogP contribution in [0, 0.1) is 5.92 Å². The molecule has 4 amide bonds. The number of hydrogen-bond acceptors (Lipinski definition) is 6. The van der Waals surface area contributed by atoms with Gasteiger partial charge in [-0.25, -0.2) is 4.90 Å². The number of nitrogen functional groups attached to an aromatic ring is 1. The summed E-state index contributed by atoms with van der Waals surface area (Å²) < 4.78 is 6.73. The highest BCUT2D eigenvalue weighted by molar-refractivity contribution is 6.39. The molecule has 1 unspecified atom stereocenters. The van der Waals surface area contributed by atoms with Gasteiger partial charge >= 0.3 is 0 Å². The van der Waals surface area contributed by atoms with Crippen LogP contribution in [-0.2, 0) is 16.2 Å². The van der Waals surface area contributed by atoms with Crippen molar-refractivity contribution >= 4 is 45.8 Å². The summed E-state index contributed by atoms with van der Waals surface area (Å²) in [6.07, 6.45) is 3.85. The lowest BCUT2D eigenvalue weighted by Gasteiger charge is -2.40. The van der Waals surface area contributed by atoms with Gasteiger partial charge in [-0.2, -0.15) is 0 Å². The van der Waals surface area contributed by atoms with E-state index in [4.69, 9.17) is 10.5 Å². The van der Waals surface area contributed by atoms with Gasteiger partial charge in [0.1, 0.15) is 0 Å². The van der Waals surface area contributed by atoms with Crippen molar-refractivity contribution in [3.8, 4) is 11.5 Å². The zero-order chi connectivity index (χ0) is 38.5. The fourth-order valence-corrected chi connectivity index (χ4v) is 8.18. The summed E-state index contributed by atoms with van der Waals surface area (Å²) in [5.74, 6) is -0.771. The number of hydrogen-bond donors (Lipinski definition) is 1. The van der Waals surface area contributed by atoms with Gasteiger partial charge in [0.25, 0.3) is 23.6 Å². The summed E-state index contributed by atoms with van der Waals surface area (Å²) in [5.41, 5.74) is 11.4. The number of amides is 4. The van der Waals surface area contributed by atoms with Crippen LogP contribution in [0.2, 0.25) is 0 Å². The number of anilines is 2. The van der Waals surface area contributed by atoms with Crippen molar-refractivity contribution in [3.63, 3.8) is 0 Å². The number of benzene rings is 4. The largest absolute Gasteiger partial charge is 0.452 e. The first-order valence-corrected chi connectivity index (χ1v) is 19.0. The highest BCUT2D eigenvalue weighted by atomic mass is 16.5. The summed E-state index contributed by atoms with van der Waals surface area (Å²) in [7, 11) is 0. The molecule has 0 saturated heterocycles. The number of fused-ring (bicyclic) bond motifs is 2. The Morgan fingerprint density at radius 3 is 1.64 bits per heavy atom. The average Bonchev–Trinajstić information content (AvgIpc) is 3.09. The molecule has 0 bridgehead atoms. The highest BCUT2D eigenvalue weighted by Crippen LogP contribution is 2.56. The van der Waals surface area contributed by atoms with Crippen LogP contribution in [0.5, 0.6) is 11.5 Å². The van der Waals surface area contributed by atoms with E-state index in [9.17, 15) is 19.2 Å². The minimum Gasteiger partial charge on any atom is -0.452 e. The van der Waals surface area contributed by atoms with Gasteiger partial charge in [-0.1, -0.05) is 101 Å². The molecular formula is C45H51N3O5. The van der Waals surface area contributed by atoms with Crippen LogP contribution >= 0.6 is 0 Å². The average molecular weight is 714 g/mol. The van der Waals surface area contributed by atoms with E-state index in [-0.39, 0.29) is 27.9 Å². The molecular weight excluding hydrogens is 663 g/mol. The Bertz CT molecular complexity index is 2200. The Balaban J connectivity index is 1.38. The van der Waals surface area contributed by atoms with Gasteiger partial charge in [-0.15, -0.1) is 0 Å². The number of nitrogens with zero attached hydrogens (tertiary/aromatic N) is 2. The van der Waals surface area contributed by atoms with Crippen LogP contribution in [0.3, 0.4) is 0 Å². The van der Waals surface area contributed by atoms with Gasteiger partial charge in [0.05, 0.1) is 11.4 Å². The fraction of sp³-hybridized carbons (Fsp3) is 0.422. The highest BCUT2D eigenvalue weighted by Gasteiger charge is 2.45. The maximum Gasteiger partial charge on any atom is 0.266 e. The number of unbranched alkanes of at least 4 members (excludes halogenated alkanes) is 1. The summed E-state index contributed by atoms with van der Waals surface area (Å²) >= 11 is 0. The number of nitrogens with two attached hydrogens (primary N) is 1. The molecule has 3 aliphatic heterocycles. The molecule has 7 rings (SSSR count). The molecule has 0 aliphatic carbocycles. The quantitative estimate of drug-likeness (QED) is 0.151. The Morgan fingerprint density at radius 2 is 1.17 bits per heavy atom. The van der Waals surface area contributed by atoms with Crippen LogP contribution < -0.4 is 15.4 Å². The van der Waals surface area contributed by atoms with E-state index in [1.807, 2.05) is 12.1 Å². The summed E-state index contributed by atoms with van der Waals surface area (Å²) in [4.78, 5) is 60.0. The monoisotopic (exact) mass is 713 g/mol.